The van der Waals surface area contributed by atoms with Crippen molar-refractivity contribution in [3.63, 3.8) is 0 Å². The highest BCUT2D eigenvalue weighted by Gasteiger charge is 1.97. The predicted octanol–water partition coefficient (Wildman–Crippen LogP) is 4.00. The SMILES string of the molecule is N#CCCSC/C(C#N)=C/c1ccc(Br)cc1. The number of hydrogen-bond acceptors (Lipinski definition) is 3. The number of rotatable bonds is 5. The molecule has 0 heterocycles. The van der Waals surface area contributed by atoms with Crippen LogP contribution in [0.1, 0.15) is 12.0 Å². The second kappa shape index (κ2) is 7.95. The van der Waals surface area contributed by atoms with Crippen molar-refractivity contribution >= 4 is 33.8 Å². The number of hydrogen-bond donors (Lipinski definition) is 0. The minimum atomic E-state index is 0.529. The van der Waals surface area contributed by atoms with Crippen molar-refractivity contribution in [2.45, 2.75) is 6.42 Å². The molecule has 0 unspecified atom stereocenters. The molecular weight excluding hydrogens is 296 g/mol. The van der Waals surface area contributed by atoms with Gasteiger partial charge in [-0.05, 0) is 23.8 Å². The van der Waals surface area contributed by atoms with E-state index in [-0.39, 0.29) is 0 Å². The lowest BCUT2D eigenvalue weighted by Crippen LogP contribution is -1.86. The zero-order valence-corrected chi connectivity index (χ0v) is 11.6. The zero-order chi connectivity index (χ0) is 12.5. The van der Waals surface area contributed by atoms with Crippen molar-refractivity contribution in [1.82, 2.24) is 0 Å². The normalized spacial score (nSPS) is 10.6. The second-order valence-corrected chi connectivity index (χ2v) is 5.31. The van der Waals surface area contributed by atoms with Crippen LogP contribution in [0.3, 0.4) is 0 Å². The van der Waals surface area contributed by atoms with Gasteiger partial charge in [-0.15, -0.1) is 0 Å². The number of nitrogens with zero attached hydrogens (tertiary/aromatic N) is 2. The number of nitriles is 2. The number of halogens is 1. The van der Waals surface area contributed by atoms with E-state index in [4.69, 9.17) is 10.5 Å². The van der Waals surface area contributed by atoms with Gasteiger partial charge in [0, 0.05) is 28.0 Å². The van der Waals surface area contributed by atoms with Crippen LogP contribution in [-0.4, -0.2) is 11.5 Å². The first-order valence-electron chi connectivity index (χ1n) is 5.07. The number of thioether (sulfide) groups is 1. The highest BCUT2D eigenvalue weighted by Crippen LogP contribution is 2.15. The van der Waals surface area contributed by atoms with Gasteiger partial charge in [-0.1, -0.05) is 28.1 Å². The Morgan fingerprint density at radius 2 is 2.00 bits per heavy atom. The molecular formula is C13H11BrN2S. The maximum Gasteiger partial charge on any atom is 0.0956 e. The quantitative estimate of drug-likeness (QED) is 0.610. The molecule has 0 bridgehead atoms. The molecule has 1 rings (SSSR count). The summed E-state index contributed by atoms with van der Waals surface area (Å²) in [4.78, 5) is 0. The Morgan fingerprint density at radius 1 is 1.29 bits per heavy atom. The fourth-order valence-corrected chi connectivity index (χ4v) is 2.18. The fourth-order valence-electron chi connectivity index (χ4n) is 1.17. The molecule has 2 nitrogen and oxygen atoms in total. The topological polar surface area (TPSA) is 47.6 Å². The molecule has 0 saturated carbocycles. The van der Waals surface area contributed by atoms with Crippen LogP contribution in [0.15, 0.2) is 34.3 Å². The Balaban J connectivity index is 2.58. The summed E-state index contributed by atoms with van der Waals surface area (Å²) in [5.41, 5.74) is 1.75. The van der Waals surface area contributed by atoms with Crippen molar-refractivity contribution in [2.24, 2.45) is 0 Å². The van der Waals surface area contributed by atoms with Gasteiger partial charge < -0.3 is 0 Å². The van der Waals surface area contributed by atoms with Gasteiger partial charge in [0.25, 0.3) is 0 Å². The van der Waals surface area contributed by atoms with Crippen LogP contribution < -0.4 is 0 Å². The van der Waals surface area contributed by atoms with Crippen LogP contribution in [0.25, 0.3) is 6.08 Å². The third kappa shape index (κ3) is 5.58. The van der Waals surface area contributed by atoms with E-state index in [1.165, 1.54) is 0 Å². The summed E-state index contributed by atoms with van der Waals surface area (Å²) in [5, 5.41) is 17.4. The largest absolute Gasteiger partial charge is 0.198 e. The monoisotopic (exact) mass is 306 g/mol. The first kappa shape index (κ1) is 13.8. The van der Waals surface area contributed by atoms with E-state index in [1.807, 2.05) is 30.3 Å². The summed E-state index contributed by atoms with van der Waals surface area (Å²) in [6.07, 6.45) is 2.41. The van der Waals surface area contributed by atoms with Gasteiger partial charge in [-0.3, -0.25) is 0 Å². The third-order valence-electron chi connectivity index (χ3n) is 1.97. The highest BCUT2D eigenvalue weighted by atomic mass is 79.9. The minimum absolute atomic E-state index is 0.529. The van der Waals surface area contributed by atoms with Gasteiger partial charge in [-0.25, -0.2) is 0 Å². The first-order chi connectivity index (χ1) is 8.26. The molecule has 1 aromatic carbocycles. The van der Waals surface area contributed by atoms with Crippen LogP contribution in [0.4, 0.5) is 0 Å². The molecule has 0 spiro atoms. The van der Waals surface area contributed by atoms with Crippen LogP contribution in [0.5, 0.6) is 0 Å². The van der Waals surface area contributed by atoms with Crippen molar-refractivity contribution < 1.29 is 0 Å². The van der Waals surface area contributed by atoms with E-state index in [0.717, 1.165) is 21.4 Å². The maximum atomic E-state index is 8.99. The lowest BCUT2D eigenvalue weighted by atomic mass is 10.1. The third-order valence-corrected chi connectivity index (χ3v) is 3.51. The van der Waals surface area contributed by atoms with Gasteiger partial charge in [0.2, 0.25) is 0 Å². The average molecular weight is 307 g/mol. The van der Waals surface area contributed by atoms with Gasteiger partial charge in [0.05, 0.1) is 12.1 Å². The van der Waals surface area contributed by atoms with Crippen LogP contribution in [-0.2, 0) is 0 Å². The van der Waals surface area contributed by atoms with Crippen LogP contribution in [0.2, 0.25) is 0 Å². The Kier molecular flexibility index (Phi) is 6.47. The Morgan fingerprint density at radius 3 is 2.59 bits per heavy atom. The molecule has 0 radical (unpaired) electrons. The molecule has 0 aliphatic rings. The Hall–Kier alpha value is -1.23. The average Bonchev–Trinajstić information content (AvgIpc) is 2.35. The molecule has 0 fully saturated rings. The van der Waals surface area contributed by atoms with Gasteiger partial charge in [0.15, 0.2) is 0 Å². The summed E-state index contributed by atoms with van der Waals surface area (Å²) >= 11 is 4.98. The Bertz CT molecular complexity index is 466. The molecule has 0 amide bonds. The lowest BCUT2D eigenvalue weighted by molar-refractivity contribution is 1.24. The minimum Gasteiger partial charge on any atom is -0.198 e. The molecule has 0 saturated heterocycles. The van der Waals surface area contributed by atoms with Crippen molar-refractivity contribution in [3.05, 3.63) is 39.9 Å². The van der Waals surface area contributed by atoms with E-state index in [2.05, 4.69) is 28.1 Å². The maximum absolute atomic E-state index is 8.99. The van der Waals surface area contributed by atoms with Crippen molar-refractivity contribution in [3.8, 4) is 12.1 Å². The molecule has 0 aliphatic carbocycles. The van der Waals surface area contributed by atoms with Gasteiger partial charge >= 0.3 is 0 Å². The molecule has 17 heavy (non-hydrogen) atoms. The molecule has 1 aromatic rings. The molecule has 86 valence electrons. The van der Waals surface area contributed by atoms with E-state index >= 15 is 0 Å². The first-order valence-corrected chi connectivity index (χ1v) is 7.02. The molecule has 0 atom stereocenters. The number of benzene rings is 1. The molecule has 4 heteroatoms. The summed E-state index contributed by atoms with van der Waals surface area (Å²) < 4.78 is 1.02. The van der Waals surface area contributed by atoms with Crippen LogP contribution in [0, 0.1) is 22.7 Å². The van der Waals surface area contributed by atoms with Crippen molar-refractivity contribution in [1.29, 1.82) is 10.5 Å². The summed E-state index contributed by atoms with van der Waals surface area (Å²) in [7, 11) is 0. The van der Waals surface area contributed by atoms with Gasteiger partial charge in [0.1, 0.15) is 0 Å². The van der Waals surface area contributed by atoms with E-state index in [9.17, 15) is 0 Å². The highest BCUT2D eigenvalue weighted by molar-refractivity contribution is 9.10. The van der Waals surface area contributed by atoms with Gasteiger partial charge in [-0.2, -0.15) is 22.3 Å². The molecule has 0 aliphatic heterocycles. The second-order valence-electron chi connectivity index (χ2n) is 3.29. The fraction of sp³-hybridized carbons (Fsp3) is 0.231. The zero-order valence-electron chi connectivity index (χ0n) is 9.19. The summed E-state index contributed by atoms with van der Waals surface area (Å²) in [6, 6.07) is 12.1. The standard InChI is InChI=1S/C13H11BrN2S/c14-13-4-2-11(3-5-13)8-12(9-16)10-17-7-1-6-15/h2-5,8H,1,7,10H2/b12-8+. The summed E-state index contributed by atoms with van der Waals surface area (Å²) in [5.74, 6) is 1.43. The molecule has 0 N–H and O–H groups in total. The smallest absolute Gasteiger partial charge is 0.0956 e. The van der Waals surface area contributed by atoms with E-state index < -0.39 is 0 Å². The Labute approximate surface area is 114 Å². The summed E-state index contributed by atoms with van der Waals surface area (Å²) in [6.45, 7) is 0. The van der Waals surface area contributed by atoms with Crippen LogP contribution >= 0.6 is 27.7 Å². The molecule has 0 aromatic heterocycles. The predicted molar refractivity (Wildman–Crippen MR) is 75.3 cm³/mol. The van der Waals surface area contributed by atoms with E-state index in [0.29, 0.717) is 12.2 Å². The van der Waals surface area contributed by atoms with Crippen molar-refractivity contribution in [2.75, 3.05) is 11.5 Å². The lowest BCUT2D eigenvalue weighted by Gasteiger charge is -1.98. The van der Waals surface area contributed by atoms with E-state index in [1.54, 1.807) is 11.8 Å².